The third kappa shape index (κ3) is 10.1. The van der Waals surface area contributed by atoms with Crippen LogP contribution in [0.25, 0.3) is 11.0 Å². The first-order chi connectivity index (χ1) is 22.9. The van der Waals surface area contributed by atoms with Gasteiger partial charge in [-0.3, -0.25) is 25.2 Å². The van der Waals surface area contributed by atoms with Gasteiger partial charge in [-0.1, -0.05) is 32.3 Å². The van der Waals surface area contributed by atoms with Crippen molar-refractivity contribution in [2.24, 2.45) is 7.05 Å². The Morgan fingerprint density at radius 2 is 1.75 bits per heavy atom. The lowest BCUT2D eigenvalue weighted by molar-refractivity contribution is -0.133. The van der Waals surface area contributed by atoms with Crippen LogP contribution in [0.4, 0.5) is 16.3 Å². The molecule has 0 aliphatic heterocycles. The number of benzene rings is 2. The summed E-state index contributed by atoms with van der Waals surface area (Å²) in [5.74, 6) is -0.513. The Hall–Kier alpha value is -5.31. The summed E-state index contributed by atoms with van der Waals surface area (Å²) in [6.45, 7) is 2.63. The Bertz CT molecular complexity index is 1860. The summed E-state index contributed by atoms with van der Waals surface area (Å²) in [7, 11) is -2.12. The van der Waals surface area contributed by atoms with Crippen LogP contribution in [0.5, 0.6) is 0 Å². The van der Waals surface area contributed by atoms with E-state index < -0.39 is 28.1 Å². The average Bonchev–Trinajstić information content (AvgIpc) is 3.37. The first kappa shape index (κ1) is 35.5. The van der Waals surface area contributed by atoms with Crippen LogP contribution in [0, 0.1) is 5.41 Å². The average molecular weight is 678 g/mol. The van der Waals surface area contributed by atoms with Crippen molar-refractivity contribution in [2.45, 2.75) is 45.6 Å². The molecule has 0 fully saturated rings. The third-order valence-electron chi connectivity index (χ3n) is 7.26. The van der Waals surface area contributed by atoms with Gasteiger partial charge in [-0.25, -0.2) is 14.8 Å². The van der Waals surface area contributed by atoms with Crippen LogP contribution >= 0.6 is 0 Å². The Labute approximate surface area is 279 Å². The van der Waals surface area contributed by atoms with Crippen molar-refractivity contribution in [1.29, 1.82) is 5.41 Å². The van der Waals surface area contributed by atoms with Crippen LogP contribution < -0.4 is 15.5 Å². The number of anilines is 2. The molecule has 4 aromatic rings. The highest BCUT2D eigenvalue weighted by Crippen LogP contribution is 2.21. The molecule has 15 heteroatoms. The number of hydrogen-bond acceptors (Lipinski definition) is 11. The molecule has 0 saturated heterocycles. The lowest BCUT2D eigenvalue weighted by Gasteiger charge is -2.21. The Kier molecular flexibility index (Phi) is 12.2. The quantitative estimate of drug-likeness (QED) is 0.0686. The van der Waals surface area contributed by atoms with Gasteiger partial charge in [-0.05, 0) is 61.0 Å². The number of pyridine rings is 1. The van der Waals surface area contributed by atoms with E-state index in [2.05, 4.69) is 26.7 Å². The highest BCUT2D eigenvalue weighted by Gasteiger charge is 2.22. The van der Waals surface area contributed by atoms with E-state index in [1.165, 1.54) is 11.1 Å². The standard InChI is InChI=1S/C33H39N7O7S/c1-4-5-6-9-20-46-33(43)38-31(34)23-11-14-25(15-12-23)36-22-29-37-26-21-24(13-16-27(26)39(29)2)32(42)40(28-10-7-8-18-35-28)19-17-30(41)47-48(3,44)45/h7-8,10-16,18,21,36H,4-6,9,17,19-20,22H2,1-3H3,(H2,34,38,43). The maximum Gasteiger partial charge on any atom is 0.412 e. The van der Waals surface area contributed by atoms with Crippen molar-refractivity contribution in [3.8, 4) is 0 Å². The Balaban J connectivity index is 1.39. The Morgan fingerprint density at radius 1 is 1.00 bits per heavy atom. The normalized spacial score (nSPS) is 11.1. The number of aryl methyl sites for hydroxylation is 1. The maximum absolute atomic E-state index is 13.6. The number of rotatable bonds is 15. The van der Waals surface area contributed by atoms with E-state index in [1.807, 2.05) is 11.6 Å². The van der Waals surface area contributed by atoms with E-state index >= 15 is 0 Å². The summed E-state index contributed by atoms with van der Waals surface area (Å²) in [4.78, 5) is 47.9. The predicted molar refractivity (Wildman–Crippen MR) is 181 cm³/mol. The van der Waals surface area contributed by atoms with E-state index in [4.69, 9.17) is 15.1 Å². The zero-order chi connectivity index (χ0) is 34.7. The molecular weight excluding hydrogens is 638 g/mol. The molecule has 14 nitrogen and oxygen atoms in total. The van der Waals surface area contributed by atoms with Crippen LogP contribution in [0.1, 0.15) is 60.8 Å². The monoisotopic (exact) mass is 677 g/mol. The first-order valence-electron chi connectivity index (χ1n) is 15.4. The van der Waals surface area contributed by atoms with Gasteiger partial charge in [-0.15, -0.1) is 0 Å². The number of ether oxygens (including phenoxy) is 1. The van der Waals surface area contributed by atoms with Gasteiger partial charge in [0.2, 0.25) is 0 Å². The summed E-state index contributed by atoms with van der Waals surface area (Å²) in [6, 6.07) is 17.1. The molecule has 2 heterocycles. The Morgan fingerprint density at radius 3 is 2.44 bits per heavy atom. The van der Waals surface area contributed by atoms with E-state index in [0.29, 0.717) is 35.6 Å². The van der Waals surface area contributed by atoms with Gasteiger partial charge in [0.15, 0.2) is 0 Å². The molecule has 2 aromatic heterocycles. The molecule has 4 rings (SSSR count). The third-order valence-corrected chi connectivity index (χ3v) is 7.75. The number of aromatic nitrogens is 3. The number of fused-ring (bicyclic) bond motifs is 1. The van der Waals surface area contributed by atoms with Crippen LogP contribution in [-0.2, 0) is 37.4 Å². The van der Waals surface area contributed by atoms with Gasteiger partial charge >= 0.3 is 22.2 Å². The summed E-state index contributed by atoms with van der Waals surface area (Å²) in [5, 5.41) is 13.9. The highest BCUT2D eigenvalue weighted by atomic mass is 32.2. The molecule has 2 amide bonds. The second kappa shape index (κ2) is 16.5. The second-order valence-electron chi connectivity index (χ2n) is 11.0. The van der Waals surface area contributed by atoms with E-state index in [9.17, 15) is 22.8 Å². The number of alkyl carbamates (subject to hydrolysis) is 1. The minimum absolute atomic E-state index is 0.0590. The number of hydrogen-bond donors (Lipinski definition) is 3. The molecule has 3 N–H and O–H groups in total. The summed E-state index contributed by atoms with van der Waals surface area (Å²) < 4.78 is 34.1. The van der Waals surface area contributed by atoms with E-state index in [1.54, 1.807) is 60.7 Å². The van der Waals surface area contributed by atoms with Crippen LogP contribution in [0.2, 0.25) is 0 Å². The minimum atomic E-state index is -3.98. The van der Waals surface area contributed by atoms with Crippen molar-refractivity contribution >= 4 is 56.5 Å². The van der Waals surface area contributed by atoms with Crippen LogP contribution in [0.15, 0.2) is 66.9 Å². The van der Waals surface area contributed by atoms with Crippen molar-refractivity contribution in [3.05, 3.63) is 83.8 Å². The smallest absolute Gasteiger partial charge is 0.412 e. The largest absolute Gasteiger partial charge is 0.449 e. The van der Waals surface area contributed by atoms with Crippen molar-refractivity contribution in [2.75, 3.05) is 29.6 Å². The van der Waals surface area contributed by atoms with Gasteiger partial charge in [0.05, 0.1) is 36.9 Å². The highest BCUT2D eigenvalue weighted by molar-refractivity contribution is 7.86. The number of carbonyl (C=O) groups is 3. The number of nitrogens with one attached hydrogen (secondary N) is 3. The van der Waals surface area contributed by atoms with Crippen molar-refractivity contribution in [1.82, 2.24) is 19.9 Å². The van der Waals surface area contributed by atoms with Gasteiger partial charge in [0.1, 0.15) is 17.5 Å². The fraction of sp³-hybridized carbons (Fsp3) is 0.333. The fourth-order valence-corrected chi connectivity index (χ4v) is 5.20. The number of nitrogens with zero attached hydrogens (tertiary/aromatic N) is 4. The fourth-order valence-electron chi connectivity index (χ4n) is 4.78. The minimum Gasteiger partial charge on any atom is -0.449 e. The van der Waals surface area contributed by atoms with E-state index in [-0.39, 0.29) is 24.6 Å². The zero-order valence-electron chi connectivity index (χ0n) is 27.1. The van der Waals surface area contributed by atoms with Gasteiger partial charge in [-0.2, -0.15) is 8.42 Å². The van der Waals surface area contributed by atoms with Crippen molar-refractivity contribution < 1.29 is 31.7 Å². The maximum atomic E-state index is 13.6. The number of amides is 2. The molecule has 0 spiro atoms. The number of unbranched alkanes of at least 4 members (excludes halogenated alkanes) is 3. The van der Waals surface area contributed by atoms with Crippen LogP contribution in [0.3, 0.4) is 0 Å². The van der Waals surface area contributed by atoms with Crippen LogP contribution in [-0.4, -0.2) is 66.2 Å². The summed E-state index contributed by atoms with van der Waals surface area (Å²) in [5.41, 5.74) is 2.96. The molecule has 0 bridgehead atoms. The lowest BCUT2D eigenvalue weighted by Crippen LogP contribution is -2.34. The molecule has 0 unspecified atom stereocenters. The first-order valence-corrected chi connectivity index (χ1v) is 17.2. The van der Waals surface area contributed by atoms with Gasteiger partial charge < -0.3 is 18.8 Å². The summed E-state index contributed by atoms with van der Waals surface area (Å²) in [6.07, 6.45) is 5.25. The molecule has 48 heavy (non-hydrogen) atoms. The molecule has 0 radical (unpaired) electrons. The lowest BCUT2D eigenvalue weighted by atomic mass is 10.1. The topological polar surface area (TPSA) is 186 Å². The SMILES string of the molecule is CCCCCCOC(=O)NC(=N)c1ccc(NCc2nc3cc(C(=O)N(CCC(=O)OS(C)(=O)=O)c4ccccn4)ccc3n2C)cc1. The number of imidazole rings is 1. The van der Waals surface area contributed by atoms with E-state index in [0.717, 1.165) is 43.1 Å². The molecule has 0 aliphatic carbocycles. The molecule has 254 valence electrons. The molecule has 0 saturated carbocycles. The molecule has 2 aromatic carbocycles. The predicted octanol–water partition coefficient (Wildman–Crippen LogP) is 4.75. The van der Waals surface area contributed by atoms with Gasteiger partial charge in [0.25, 0.3) is 5.91 Å². The molecular formula is C33H39N7O7S. The number of amidine groups is 1. The van der Waals surface area contributed by atoms with Crippen molar-refractivity contribution in [3.63, 3.8) is 0 Å². The molecule has 0 aliphatic rings. The van der Waals surface area contributed by atoms with Gasteiger partial charge in [0, 0.05) is 36.6 Å². The zero-order valence-corrected chi connectivity index (χ0v) is 27.9. The summed E-state index contributed by atoms with van der Waals surface area (Å²) >= 11 is 0. The molecule has 0 atom stereocenters. The number of carbonyl (C=O) groups excluding carboxylic acids is 3. The second-order valence-corrected chi connectivity index (χ2v) is 12.5.